The lowest BCUT2D eigenvalue weighted by atomic mass is 10.2. The Morgan fingerprint density at radius 1 is 1.15 bits per heavy atom. The summed E-state index contributed by atoms with van der Waals surface area (Å²) in [5, 5.41) is 12.8. The second-order valence-electron chi connectivity index (χ2n) is 4.71. The van der Waals surface area contributed by atoms with Gasteiger partial charge in [0.25, 0.3) is 0 Å². The summed E-state index contributed by atoms with van der Waals surface area (Å²) < 4.78 is 4.96. The minimum absolute atomic E-state index is 0.529. The predicted molar refractivity (Wildman–Crippen MR) is 82.5 cm³/mol. The first-order valence-corrected chi connectivity index (χ1v) is 7.83. The Kier molecular flexibility index (Phi) is 4.80. The van der Waals surface area contributed by atoms with Crippen molar-refractivity contribution >= 4 is 21.7 Å². The highest BCUT2D eigenvalue weighted by Crippen LogP contribution is 2.24. The molecule has 2 rings (SSSR count). The summed E-state index contributed by atoms with van der Waals surface area (Å²) in [6, 6.07) is 0. The van der Waals surface area contributed by atoms with Crippen LogP contribution in [0.3, 0.4) is 0 Å². The molecule has 0 radical (unpaired) electrons. The molecule has 0 amide bonds. The smallest absolute Gasteiger partial charge is 0.169 e. The monoisotopic (exact) mass is 340 g/mol. The molecule has 2 aromatic rings. The van der Waals surface area contributed by atoms with Gasteiger partial charge in [-0.05, 0) is 35.7 Å². The number of aromatic nitrogens is 5. The highest BCUT2D eigenvalue weighted by Gasteiger charge is 2.17. The lowest BCUT2D eigenvalue weighted by Crippen LogP contribution is -2.12. The number of anilines is 1. The van der Waals surface area contributed by atoms with E-state index in [4.69, 9.17) is 5.73 Å². The standard InChI is InChI=1S/C13H21BrN6/c1-4-7-10-13(15)16-18-20(10)8-11-12(14)9(5-2)17-19(11)6-3/h4-8,15H2,1-3H3. The van der Waals surface area contributed by atoms with Crippen LogP contribution in [0.25, 0.3) is 0 Å². The molecule has 0 unspecified atom stereocenters. The molecule has 2 heterocycles. The zero-order chi connectivity index (χ0) is 14.7. The van der Waals surface area contributed by atoms with Crippen molar-refractivity contribution in [2.75, 3.05) is 5.73 Å². The SMILES string of the molecule is CCCc1c(N)nnn1Cc1c(Br)c(CC)nn1CC. The Balaban J connectivity index is 2.37. The van der Waals surface area contributed by atoms with Crippen LogP contribution in [0.5, 0.6) is 0 Å². The molecule has 2 aromatic heterocycles. The summed E-state index contributed by atoms with van der Waals surface area (Å²) in [5.41, 5.74) is 9.09. The van der Waals surface area contributed by atoms with Gasteiger partial charge in [-0.1, -0.05) is 25.5 Å². The highest BCUT2D eigenvalue weighted by molar-refractivity contribution is 9.10. The molecule has 6 nitrogen and oxygen atoms in total. The first-order chi connectivity index (χ1) is 9.62. The van der Waals surface area contributed by atoms with Crippen LogP contribution in [-0.2, 0) is 25.9 Å². The van der Waals surface area contributed by atoms with Crippen LogP contribution in [0.2, 0.25) is 0 Å². The van der Waals surface area contributed by atoms with E-state index in [1.54, 1.807) is 0 Å². The maximum atomic E-state index is 5.89. The summed E-state index contributed by atoms with van der Waals surface area (Å²) in [6.07, 6.45) is 2.81. The Morgan fingerprint density at radius 2 is 1.90 bits per heavy atom. The molecule has 7 heteroatoms. The number of nitrogen functional groups attached to an aromatic ring is 1. The van der Waals surface area contributed by atoms with E-state index in [1.165, 1.54) is 0 Å². The lowest BCUT2D eigenvalue weighted by Gasteiger charge is -2.08. The van der Waals surface area contributed by atoms with Gasteiger partial charge in [-0.15, -0.1) is 5.10 Å². The van der Waals surface area contributed by atoms with Crippen molar-refractivity contribution in [3.05, 3.63) is 21.6 Å². The molecule has 0 spiro atoms. The molecule has 2 N–H and O–H groups in total. The van der Waals surface area contributed by atoms with E-state index < -0.39 is 0 Å². The topological polar surface area (TPSA) is 74.6 Å². The molecule has 0 aliphatic rings. The second-order valence-corrected chi connectivity index (χ2v) is 5.50. The molecule has 0 aliphatic carbocycles. The van der Waals surface area contributed by atoms with Crippen LogP contribution in [-0.4, -0.2) is 24.8 Å². The molecule has 0 aromatic carbocycles. The van der Waals surface area contributed by atoms with E-state index in [0.717, 1.165) is 47.4 Å². The molecule has 0 saturated carbocycles. The molecular weight excluding hydrogens is 320 g/mol. The summed E-state index contributed by atoms with van der Waals surface area (Å²) in [5.74, 6) is 0.529. The van der Waals surface area contributed by atoms with E-state index in [9.17, 15) is 0 Å². The molecule has 0 atom stereocenters. The van der Waals surface area contributed by atoms with E-state index in [2.05, 4.69) is 52.1 Å². The number of rotatable bonds is 6. The van der Waals surface area contributed by atoms with E-state index in [1.807, 2.05) is 9.36 Å². The number of halogens is 1. The zero-order valence-corrected chi connectivity index (χ0v) is 13.8. The van der Waals surface area contributed by atoms with Crippen LogP contribution < -0.4 is 5.73 Å². The van der Waals surface area contributed by atoms with Crippen molar-refractivity contribution in [1.29, 1.82) is 0 Å². The van der Waals surface area contributed by atoms with Gasteiger partial charge in [0.2, 0.25) is 0 Å². The second kappa shape index (κ2) is 6.39. The minimum atomic E-state index is 0.529. The number of nitrogens with zero attached hydrogens (tertiary/aromatic N) is 5. The molecule has 0 aliphatic heterocycles. The van der Waals surface area contributed by atoms with Crippen molar-refractivity contribution in [2.24, 2.45) is 0 Å². The maximum absolute atomic E-state index is 5.89. The van der Waals surface area contributed by atoms with Gasteiger partial charge in [0.1, 0.15) is 0 Å². The van der Waals surface area contributed by atoms with E-state index >= 15 is 0 Å². The third-order valence-corrected chi connectivity index (χ3v) is 4.26. The Bertz CT molecular complexity index is 586. The number of hydrogen-bond acceptors (Lipinski definition) is 4. The van der Waals surface area contributed by atoms with Crippen LogP contribution in [0.1, 0.15) is 44.3 Å². The third-order valence-electron chi connectivity index (χ3n) is 3.35. The largest absolute Gasteiger partial charge is 0.381 e. The van der Waals surface area contributed by atoms with Gasteiger partial charge in [-0.2, -0.15) is 5.10 Å². The Labute approximate surface area is 127 Å². The first-order valence-electron chi connectivity index (χ1n) is 7.04. The fourth-order valence-electron chi connectivity index (χ4n) is 2.28. The zero-order valence-electron chi connectivity index (χ0n) is 12.2. The van der Waals surface area contributed by atoms with Crippen molar-refractivity contribution in [3.8, 4) is 0 Å². The number of hydrogen-bond donors (Lipinski definition) is 1. The fraction of sp³-hybridized carbons (Fsp3) is 0.615. The quantitative estimate of drug-likeness (QED) is 0.876. The highest BCUT2D eigenvalue weighted by atomic mass is 79.9. The van der Waals surface area contributed by atoms with Crippen molar-refractivity contribution in [3.63, 3.8) is 0 Å². The molecule has 110 valence electrons. The average Bonchev–Trinajstić information content (AvgIpc) is 2.94. The van der Waals surface area contributed by atoms with Crippen molar-refractivity contribution < 1.29 is 0 Å². The van der Waals surface area contributed by atoms with Gasteiger partial charge in [-0.25, -0.2) is 4.68 Å². The van der Waals surface area contributed by atoms with Crippen molar-refractivity contribution in [2.45, 2.75) is 53.1 Å². The number of nitrogens with two attached hydrogens (primary N) is 1. The Morgan fingerprint density at radius 3 is 2.50 bits per heavy atom. The minimum Gasteiger partial charge on any atom is -0.381 e. The third kappa shape index (κ3) is 2.72. The summed E-state index contributed by atoms with van der Waals surface area (Å²) in [4.78, 5) is 0. The fourth-order valence-corrected chi connectivity index (χ4v) is 2.97. The van der Waals surface area contributed by atoms with E-state index in [-0.39, 0.29) is 0 Å². The van der Waals surface area contributed by atoms with Gasteiger partial charge in [0.15, 0.2) is 5.82 Å². The van der Waals surface area contributed by atoms with Gasteiger partial charge < -0.3 is 5.73 Å². The van der Waals surface area contributed by atoms with Crippen LogP contribution in [0.4, 0.5) is 5.82 Å². The first kappa shape index (κ1) is 15.0. The van der Waals surface area contributed by atoms with Crippen LogP contribution in [0, 0.1) is 0 Å². The molecule has 0 bridgehead atoms. The van der Waals surface area contributed by atoms with Crippen molar-refractivity contribution in [1.82, 2.24) is 24.8 Å². The van der Waals surface area contributed by atoms with Crippen LogP contribution >= 0.6 is 15.9 Å². The summed E-state index contributed by atoms with van der Waals surface area (Å²) >= 11 is 3.65. The van der Waals surface area contributed by atoms with Crippen LogP contribution in [0.15, 0.2) is 4.47 Å². The summed E-state index contributed by atoms with van der Waals surface area (Å²) in [7, 11) is 0. The van der Waals surface area contributed by atoms with Gasteiger partial charge in [-0.3, -0.25) is 4.68 Å². The van der Waals surface area contributed by atoms with Gasteiger partial charge in [0.05, 0.1) is 28.1 Å². The molecule has 20 heavy (non-hydrogen) atoms. The van der Waals surface area contributed by atoms with Gasteiger partial charge >= 0.3 is 0 Å². The maximum Gasteiger partial charge on any atom is 0.169 e. The molecule has 0 saturated heterocycles. The number of aryl methyl sites for hydroxylation is 2. The lowest BCUT2D eigenvalue weighted by molar-refractivity contribution is 0.548. The Hall–Kier alpha value is -1.37. The molecular formula is C13H21BrN6. The predicted octanol–water partition coefficient (Wildman–Crippen LogP) is 2.40. The average molecular weight is 341 g/mol. The molecule has 0 fully saturated rings. The summed E-state index contributed by atoms with van der Waals surface area (Å²) in [6.45, 7) is 7.79. The van der Waals surface area contributed by atoms with Gasteiger partial charge in [0, 0.05) is 6.54 Å². The normalized spacial score (nSPS) is 11.2. The van der Waals surface area contributed by atoms with E-state index in [0.29, 0.717) is 12.4 Å².